The molecule has 0 spiro atoms. The van der Waals surface area contributed by atoms with Crippen LogP contribution in [0.15, 0.2) is 72.5 Å². The van der Waals surface area contributed by atoms with E-state index in [1.165, 1.54) is 69.1 Å². The lowest BCUT2D eigenvalue weighted by Crippen LogP contribution is -2.40. The lowest BCUT2D eigenvalue weighted by molar-refractivity contribution is 0.391. The number of benzene rings is 2. The molecule has 0 amide bonds. The van der Waals surface area contributed by atoms with Gasteiger partial charge in [-0.1, -0.05) is 114 Å². The van der Waals surface area contributed by atoms with Crippen LogP contribution >= 0.6 is 0 Å². The maximum atomic E-state index is 11.0. The van der Waals surface area contributed by atoms with Crippen molar-refractivity contribution in [2.24, 2.45) is 10.9 Å². The Hall–Kier alpha value is -3.14. The summed E-state index contributed by atoms with van der Waals surface area (Å²) in [5.41, 5.74) is 7.98. The minimum absolute atomic E-state index is 0.0535. The summed E-state index contributed by atoms with van der Waals surface area (Å²) in [6, 6.07) is 14.8. The van der Waals surface area contributed by atoms with Gasteiger partial charge in [-0.05, 0) is 95.0 Å². The topological polar surface area (TPSA) is 27.6 Å². The largest absolute Gasteiger partial charge is 0.360 e. The summed E-state index contributed by atoms with van der Waals surface area (Å²) in [5.74, 6) is 1.03. The average molecular weight is 592 g/mol. The molecule has 0 aliphatic carbocycles. The molecule has 43 heavy (non-hydrogen) atoms. The minimum Gasteiger partial charge on any atom is -0.360 e. The number of alkyl halides is 1. The maximum Gasteiger partial charge on any atom is 0.138 e. The first-order chi connectivity index (χ1) is 20.4. The Morgan fingerprint density at radius 3 is 1.93 bits per heavy atom. The Labute approximate surface area is 265 Å². The normalized spacial score (nSPS) is 12.4. The first-order valence-electron chi connectivity index (χ1n) is 16.2. The van der Waals surface area contributed by atoms with Crippen molar-refractivity contribution in [3.8, 4) is 0 Å². The van der Waals surface area contributed by atoms with Crippen molar-refractivity contribution in [2.75, 3.05) is 12.4 Å². The van der Waals surface area contributed by atoms with Crippen LogP contribution in [0.1, 0.15) is 116 Å². The molecule has 2 rings (SSSR count). The van der Waals surface area contributed by atoms with E-state index >= 15 is 0 Å². The van der Waals surface area contributed by atoms with Crippen LogP contribution in [0.3, 0.4) is 0 Å². The van der Waals surface area contributed by atoms with Crippen molar-refractivity contribution in [1.29, 1.82) is 0 Å². The molecule has 0 heterocycles. The molecule has 3 nitrogen and oxygen atoms in total. The Bertz CT molecular complexity index is 1090. The van der Waals surface area contributed by atoms with Crippen LogP contribution in [0.4, 0.5) is 10.1 Å². The zero-order chi connectivity index (χ0) is 32.8. The second kappa shape index (κ2) is 23.3. The summed E-state index contributed by atoms with van der Waals surface area (Å²) in [6.07, 6.45) is 15.6. The zero-order valence-electron chi connectivity index (χ0n) is 29.3. The van der Waals surface area contributed by atoms with E-state index in [2.05, 4.69) is 121 Å². The lowest BCUT2D eigenvalue weighted by atomic mass is 9.94. The van der Waals surface area contributed by atoms with E-state index in [1.807, 2.05) is 25.3 Å². The van der Waals surface area contributed by atoms with Gasteiger partial charge in [0.25, 0.3) is 0 Å². The second-order valence-electron chi connectivity index (χ2n) is 11.7. The van der Waals surface area contributed by atoms with Crippen LogP contribution in [0.2, 0.25) is 0 Å². The van der Waals surface area contributed by atoms with E-state index in [1.54, 1.807) is 0 Å². The highest BCUT2D eigenvalue weighted by Crippen LogP contribution is 2.20. The summed E-state index contributed by atoms with van der Waals surface area (Å²) in [4.78, 5) is 6.91. The molecule has 0 saturated carbocycles. The van der Waals surface area contributed by atoms with Crippen LogP contribution in [-0.4, -0.2) is 30.0 Å². The van der Waals surface area contributed by atoms with Crippen molar-refractivity contribution < 1.29 is 4.39 Å². The number of aliphatic imine (C=N–C) groups is 1. The van der Waals surface area contributed by atoms with E-state index < -0.39 is 6.17 Å². The van der Waals surface area contributed by atoms with Gasteiger partial charge < -0.3 is 10.2 Å². The molecule has 1 unspecified atom stereocenters. The molecule has 0 bridgehead atoms. The molecule has 2 aromatic carbocycles. The maximum absolute atomic E-state index is 11.0. The summed E-state index contributed by atoms with van der Waals surface area (Å²) in [5, 5.41) is 3.61. The number of allylic oxidation sites excluding steroid dienone is 2. The van der Waals surface area contributed by atoms with Crippen LogP contribution in [0.5, 0.6) is 0 Å². The van der Waals surface area contributed by atoms with Crippen molar-refractivity contribution >= 4 is 23.0 Å². The SMILES string of the molecule is C=Cc1ccc(NC(C(C)=N/C=C(\C)c2ccc(C)cc2)N(C)/C=C\C)cc1C.CC(C)F.CCCC(CCC)CCC. The van der Waals surface area contributed by atoms with Gasteiger partial charge in [-0.2, -0.15) is 0 Å². The minimum atomic E-state index is -0.667. The third-order valence-corrected chi connectivity index (χ3v) is 7.04. The predicted octanol–water partition coefficient (Wildman–Crippen LogP) is 12.0. The van der Waals surface area contributed by atoms with Gasteiger partial charge in [-0.25, -0.2) is 4.39 Å². The molecular weight excluding hydrogens is 529 g/mol. The molecule has 0 saturated heterocycles. The molecule has 2 aromatic rings. The molecule has 240 valence electrons. The molecule has 0 fully saturated rings. The van der Waals surface area contributed by atoms with E-state index in [-0.39, 0.29) is 6.17 Å². The zero-order valence-corrected chi connectivity index (χ0v) is 29.3. The Morgan fingerprint density at radius 2 is 1.49 bits per heavy atom. The number of nitrogens with one attached hydrogen (secondary N) is 1. The molecule has 0 aliphatic heterocycles. The summed E-state index contributed by atoms with van der Waals surface area (Å²) >= 11 is 0. The van der Waals surface area contributed by atoms with Crippen molar-refractivity contribution in [3.63, 3.8) is 0 Å². The monoisotopic (exact) mass is 591 g/mol. The standard InChI is InChI=1S/C26H33N3.C10H22.C3H7F/c1-8-16-29(7)26(28-25-15-14-23(9-2)20(4)17-25)22(6)27-18-21(5)24-12-10-19(3)11-13-24;1-4-7-10(8-5-2)9-6-3;1-3(2)4/h8-18,26,28H,2H2,1,3-7H3;10H,4-9H2,1-3H3;3H,1-2H3/b16-8-,21-18+,27-22?;;. The molecular formula is C39H62FN3. The van der Waals surface area contributed by atoms with E-state index in [0.29, 0.717) is 0 Å². The first kappa shape index (κ1) is 39.9. The van der Waals surface area contributed by atoms with Gasteiger partial charge in [-0.3, -0.25) is 4.99 Å². The summed E-state index contributed by atoms with van der Waals surface area (Å²) < 4.78 is 11.0. The third kappa shape index (κ3) is 17.5. The molecule has 0 aliphatic rings. The average Bonchev–Trinajstić information content (AvgIpc) is 2.95. The fraction of sp³-hybridized carbons (Fsp3) is 0.513. The van der Waals surface area contributed by atoms with Crippen molar-refractivity contribution in [3.05, 3.63) is 89.8 Å². The highest BCUT2D eigenvalue weighted by Gasteiger charge is 2.15. The molecule has 1 N–H and O–H groups in total. The molecule has 0 aromatic heterocycles. The number of rotatable bonds is 14. The molecule has 0 radical (unpaired) electrons. The Balaban J connectivity index is 0.00000105. The number of hydrogen-bond donors (Lipinski definition) is 1. The highest BCUT2D eigenvalue weighted by molar-refractivity contribution is 5.90. The second-order valence-corrected chi connectivity index (χ2v) is 11.7. The predicted molar refractivity (Wildman–Crippen MR) is 194 cm³/mol. The number of hydrogen-bond acceptors (Lipinski definition) is 3. The fourth-order valence-corrected chi connectivity index (χ4v) is 4.79. The Kier molecular flexibility index (Phi) is 21.6. The van der Waals surface area contributed by atoms with E-state index in [0.717, 1.165) is 28.5 Å². The van der Waals surface area contributed by atoms with Gasteiger partial charge in [0.15, 0.2) is 0 Å². The molecule has 1 atom stereocenters. The Morgan fingerprint density at radius 1 is 0.953 bits per heavy atom. The number of aryl methyl sites for hydroxylation is 2. The number of anilines is 1. The van der Waals surface area contributed by atoms with Crippen LogP contribution in [0.25, 0.3) is 11.6 Å². The first-order valence-corrected chi connectivity index (χ1v) is 16.2. The smallest absolute Gasteiger partial charge is 0.138 e. The van der Waals surface area contributed by atoms with Crippen LogP contribution < -0.4 is 5.32 Å². The van der Waals surface area contributed by atoms with Crippen molar-refractivity contribution in [2.45, 2.75) is 120 Å². The summed E-state index contributed by atoms with van der Waals surface area (Å²) in [7, 11) is 2.05. The van der Waals surface area contributed by atoms with E-state index in [4.69, 9.17) is 4.99 Å². The van der Waals surface area contributed by atoms with Crippen LogP contribution in [0, 0.1) is 19.8 Å². The third-order valence-electron chi connectivity index (χ3n) is 7.04. The quantitative estimate of drug-likeness (QED) is 0.175. The highest BCUT2D eigenvalue weighted by atomic mass is 19.1. The van der Waals surface area contributed by atoms with E-state index in [9.17, 15) is 4.39 Å². The van der Waals surface area contributed by atoms with Gasteiger partial charge in [0.2, 0.25) is 0 Å². The summed E-state index contributed by atoms with van der Waals surface area (Å²) in [6.45, 7) is 24.1. The van der Waals surface area contributed by atoms with Gasteiger partial charge in [0.1, 0.15) is 6.17 Å². The van der Waals surface area contributed by atoms with Crippen LogP contribution in [-0.2, 0) is 0 Å². The molecule has 4 heteroatoms. The number of halogens is 1. The van der Waals surface area contributed by atoms with Gasteiger partial charge in [0.05, 0.1) is 11.9 Å². The van der Waals surface area contributed by atoms with Crippen molar-refractivity contribution in [1.82, 2.24) is 4.90 Å². The van der Waals surface area contributed by atoms with Gasteiger partial charge >= 0.3 is 0 Å². The number of nitrogens with zero attached hydrogens (tertiary/aromatic N) is 2. The van der Waals surface area contributed by atoms with Gasteiger partial charge in [0, 0.05) is 18.9 Å². The van der Waals surface area contributed by atoms with Gasteiger partial charge in [-0.15, -0.1) is 0 Å². The lowest BCUT2D eigenvalue weighted by Gasteiger charge is -2.29. The fourth-order valence-electron chi connectivity index (χ4n) is 4.79.